The molecule has 0 heterocycles. The summed E-state index contributed by atoms with van der Waals surface area (Å²) in [5, 5.41) is 0. The van der Waals surface area contributed by atoms with E-state index in [9.17, 15) is 0 Å². The first-order valence-electron chi connectivity index (χ1n) is 0. The van der Waals surface area contributed by atoms with Gasteiger partial charge in [0.1, 0.15) is 0 Å². The molecule has 0 bridgehead atoms. The Hall–Kier alpha value is 0.887. The molecule has 0 aliphatic rings. The fourth-order valence-electron chi connectivity index (χ4n) is 0. The molecule has 0 fully saturated rings. The summed E-state index contributed by atoms with van der Waals surface area (Å²) in [7, 11) is 0. The largest absolute Gasteiger partial charge is 4.00 e. The fraction of sp³-hybridized carbons (Fsp3) is 0. The van der Waals surface area contributed by atoms with Gasteiger partial charge in [0.25, 0.3) is 0 Å². The summed E-state index contributed by atoms with van der Waals surface area (Å²) >= 11 is 0. The molecule has 11 heteroatoms. The molecular formula is H16N8ORu2-3. The van der Waals surface area contributed by atoms with E-state index in [1.165, 1.54) is 0 Å². The molecule has 0 aliphatic carbocycles. The molecule has 11 heavy (non-hydrogen) atoms. The second-order valence-electron chi connectivity index (χ2n) is 0. The van der Waals surface area contributed by atoms with Crippen molar-refractivity contribution < 1.29 is 44.4 Å². The van der Waals surface area contributed by atoms with Crippen LogP contribution >= 0.6 is 0 Å². The van der Waals surface area contributed by atoms with Crippen LogP contribution in [0.25, 0.3) is 49.2 Å². The van der Waals surface area contributed by atoms with Crippen LogP contribution in [0.2, 0.25) is 0 Å². The topological polar surface area (TPSA) is 296 Å². The van der Waals surface area contributed by atoms with Crippen molar-refractivity contribution in [1.29, 1.82) is 0 Å². The molecule has 0 aromatic carbocycles. The van der Waals surface area contributed by atoms with Gasteiger partial charge >= 0.3 is 39.0 Å². The van der Waals surface area contributed by atoms with Crippen molar-refractivity contribution >= 4 is 0 Å². The van der Waals surface area contributed by atoms with Crippen LogP contribution in [0.3, 0.4) is 0 Å². The van der Waals surface area contributed by atoms with Gasteiger partial charge in [0.2, 0.25) is 0 Å². The second kappa shape index (κ2) is 1350. The van der Waals surface area contributed by atoms with Gasteiger partial charge in [0.05, 0.1) is 0 Å². The zero-order valence-electron chi connectivity index (χ0n) is 5.73. The molecule has 0 saturated heterocycles. The van der Waals surface area contributed by atoms with Gasteiger partial charge in [0, 0.05) is 0 Å². The van der Waals surface area contributed by atoms with Gasteiger partial charge < -0.3 is 54.7 Å². The van der Waals surface area contributed by atoms with Crippen molar-refractivity contribution in [2.45, 2.75) is 0 Å². The van der Waals surface area contributed by atoms with Crippen LogP contribution in [0.4, 0.5) is 0 Å². The molecule has 1 radical (unpaired) electrons. The van der Waals surface area contributed by atoms with E-state index < -0.39 is 0 Å². The van der Waals surface area contributed by atoms with Crippen LogP contribution in [0, 0.1) is 0 Å². The molecule has 0 saturated carbocycles. The number of hydrogen-bond acceptors (Lipinski definition) is 0. The summed E-state index contributed by atoms with van der Waals surface area (Å²) in [6, 6.07) is 0. The molecule has 0 atom stereocenters. The maximum atomic E-state index is 0. The van der Waals surface area contributed by atoms with E-state index in [4.69, 9.17) is 0 Å². The Morgan fingerprint density at radius 3 is 0.364 bits per heavy atom. The molecule has 0 unspecified atom stereocenters. The van der Waals surface area contributed by atoms with Gasteiger partial charge in [-0.2, -0.15) is 0 Å². The van der Waals surface area contributed by atoms with E-state index in [1.54, 1.807) is 0 Å². The van der Waals surface area contributed by atoms with Gasteiger partial charge in [-0.3, -0.25) is 0 Å². The van der Waals surface area contributed by atoms with Crippen LogP contribution < -0.4 is 0 Å². The quantitative estimate of drug-likeness (QED) is 0.482. The summed E-state index contributed by atoms with van der Waals surface area (Å²) in [6.07, 6.45) is 0. The molecule has 16 N–H and O–H groups in total. The van der Waals surface area contributed by atoms with Crippen LogP contribution in [0.1, 0.15) is 0 Å². The Morgan fingerprint density at radius 1 is 0.364 bits per heavy atom. The first-order valence-corrected chi connectivity index (χ1v) is 0. The van der Waals surface area contributed by atoms with E-state index >= 15 is 0 Å². The van der Waals surface area contributed by atoms with E-state index in [2.05, 4.69) is 0 Å². The summed E-state index contributed by atoms with van der Waals surface area (Å²) in [5.74, 6) is 0. The average molecular weight is 346 g/mol. The third-order valence-corrected chi connectivity index (χ3v) is 0. The Kier molecular flexibility index (Phi) is 220000. The smallest absolute Gasteiger partial charge is 2.00 e. The van der Waals surface area contributed by atoms with Gasteiger partial charge in [-0.1, -0.05) is 0 Å². The minimum atomic E-state index is 0. The molecule has 0 rings (SSSR count). The average Bonchev–Trinajstić information content (AvgIpc) is 0. The predicted molar refractivity (Wildman–Crippen MR) is 43.0 cm³/mol. The second-order valence-corrected chi connectivity index (χ2v) is 0. The van der Waals surface area contributed by atoms with Crippen LogP contribution in [0.15, 0.2) is 0 Å². The van der Waals surface area contributed by atoms with Gasteiger partial charge in [0.15, 0.2) is 0 Å². The molecule has 0 aromatic rings. The van der Waals surface area contributed by atoms with Crippen molar-refractivity contribution in [3.63, 3.8) is 0 Å². The maximum absolute atomic E-state index is 0. The Labute approximate surface area is 93.7 Å². The molecule has 0 aliphatic heterocycles. The normalized spacial score (nSPS) is 0. The van der Waals surface area contributed by atoms with Crippen molar-refractivity contribution in [2.24, 2.45) is 0 Å². The van der Waals surface area contributed by atoms with Crippen LogP contribution in [-0.4, -0.2) is 0 Å². The first-order chi connectivity index (χ1) is 0. The van der Waals surface area contributed by atoms with Gasteiger partial charge in [-0.05, 0) is 0 Å². The van der Waals surface area contributed by atoms with Gasteiger partial charge in [-0.25, -0.2) is 0 Å². The maximum Gasteiger partial charge on any atom is 4.00 e. The molecule has 81 valence electrons. The standard InChI is InChI=1S/8H2N.O.2Ru/h8*1H2;;;/q8*-1;-2;+3;+4. The van der Waals surface area contributed by atoms with Crippen LogP contribution in [0.5, 0.6) is 0 Å². The number of hydrogen-bond donors (Lipinski definition) is 0. The monoisotopic (exact) mass is 348 g/mol. The van der Waals surface area contributed by atoms with Gasteiger partial charge in [-0.15, -0.1) is 0 Å². The van der Waals surface area contributed by atoms with Crippen molar-refractivity contribution in [3.8, 4) is 0 Å². The summed E-state index contributed by atoms with van der Waals surface area (Å²) in [4.78, 5) is 0. The summed E-state index contributed by atoms with van der Waals surface area (Å²) < 4.78 is 0. The zero-order valence-corrected chi connectivity index (χ0v) is 9.21. The number of nitrogens with two attached hydrogens (primary N) is 8. The van der Waals surface area contributed by atoms with E-state index in [1.807, 2.05) is 0 Å². The van der Waals surface area contributed by atoms with E-state index in [0.29, 0.717) is 0 Å². The fourth-order valence-corrected chi connectivity index (χ4v) is 0. The molecule has 0 amide bonds. The summed E-state index contributed by atoms with van der Waals surface area (Å²) in [6.45, 7) is 0. The van der Waals surface area contributed by atoms with E-state index in [-0.39, 0.29) is 93.6 Å². The third kappa shape index (κ3) is 1090. The molecular weight excluding hydrogens is 330 g/mol. The molecule has 0 spiro atoms. The summed E-state index contributed by atoms with van der Waals surface area (Å²) in [5.41, 5.74) is 0. The van der Waals surface area contributed by atoms with Crippen molar-refractivity contribution in [1.82, 2.24) is 0 Å². The Morgan fingerprint density at radius 2 is 0.364 bits per heavy atom. The van der Waals surface area contributed by atoms with Crippen LogP contribution in [-0.2, 0) is 44.4 Å². The Bertz CT molecular complexity index is 12.1. The van der Waals surface area contributed by atoms with Crippen molar-refractivity contribution in [2.75, 3.05) is 0 Å². The first kappa shape index (κ1) is 1790. The minimum absolute atomic E-state index is 0. The molecule has 0 aromatic heterocycles. The van der Waals surface area contributed by atoms with E-state index in [0.717, 1.165) is 0 Å². The zero-order chi connectivity index (χ0) is 0. The third-order valence-electron chi connectivity index (χ3n) is 0. The SMILES string of the molecule is [NH2-].[NH2-].[NH2-].[NH2-].[NH2-].[NH2-].[NH2-].[NH2-].[O-2].[Ru+3].[Ru+4]. The minimum Gasteiger partial charge on any atom is -2.00 e. The Balaban J connectivity index is 0. The predicted octanol–water partition coefficient (Wildman–Crippen LogP) is 5.61. The van der Waals surface area contributed by atoms with Crippen molar-refractivity contribution in [3.05, 3.63) is 49.2 Å². The molecule has 9 nitrogen and oxygen atoms in total. The number of rotatable bonds is 0.